The molecule has 0 unspecified atom stereocenters. The lowest BCUT2D eigenvalue weighted by atomic mass is 10.2. The summed E-state index contributed by atoms with van der Waals surface area (Å²) in [6.45, 7) is 0.460. The maximum Gasteiger partial charge on any atom is 0.338 e. The molecular weight excluding hydrogens is 561 g/mol. The summed E-state index contributed by atoms with van der Waals surface area (Å²) in [5, 5.41) is 0. The molecular formula is C10H8I3O2Si. The summed E-state index contributed by atoms with van der Waals surface area (Å²) >= 11 is 6.72. The zero-order valence-electron chi connectivity index (χ0n) is 8.23. The van der Waals surface area contributed by atoms with E-state index in [-0.39, 0.29) is 5.97 Å². The summed E-state index contributed by atoms with van der Waals surface area (Å²) in [7, 11) is 3.34. The lowest BCUT2D eigenvalue weighted by Gasteiger charge is -2.06. The summed E-state index contributed by atoms with van der Waals surface area (Å²) < 4.78 is 8.48. The second kappa shape index (κ2) is 7.51. The molecule has 0 fully saturated rings. The average Bonchev–Trinajstić information content (AvgIpc) is 2.25. The van der Waals surface area contributed by atoms with Crippen molar-refractivity contribution < 1.29 is 9.53 Å². The first-order chi connectivity index (χ1) is 7.56. The minimum Gasteiger partial charge on any atom is -0.462 e. The number of hydrogen-bond acceptors (Lipinski definition) is 2. The van der Waals surface area contributed by atoms with Crippen molar-refractivity contribution in [2.45, 2.75) is 12.5 Å². The monoisotopic (exact) mass is 569 g/mol. The van der Waals surface area contributed by atoms with Crippen molar-refractivity contribution in [3.63, 3.8) is 0 Å². The van der Waals surface area contributed by atoms with Gasteiger partial charge >= 0.3 is 5.97 Å². The van der Waals surface area contributed by atoms with Crippen LogP contribution in [0.5, 0.6) is 0 Å². The Bertz CT molecular complexity index is 373. The van der Waals surface area contributed by atoms with Gasteiger partial charge in [0.2, 0.25) is 0 Å². The van der Waals surface area contributed by atoms with Crippen LogP contribution in [0.4, 0.5) is 0 Å². The van der Waals surface area contributed by atoms with Crippen LogP contribution in [0, 0.1) is 10.7 Å². The number of carbonyl (C=O) groups is 1. The van der Waals surface area contributed by atoms with Crippen LogP contribution in [0.3, 0.4) is 0 Å². The van der Waals surface area contributed by atoms with E-state index in [0.29, 0.717) is 12.2 Å². The first-order valence-corrected chi connectivity index (χ1v) is 8.47. The van der Waals surface area contributed by atoms with Gasteiger partial charge < -0.3 is 4.74 Å². The predicted octanol–water partition coefficient (Wildman–Crippen LogP) is 3.63. The van der Waals surface area contributed by atoms with Crippen molar-refractivity contribution in [2.24, 2.45) is 0 Å². The van der Waals surface area contributed by atoms with Crippen LogP contribution < -0.4 is 0 Å². The topological polar surface area (TPSA) is 26.3 Å². The van der Waals surface area contributed by atoms with E-state index in [4.69, 9.17) is 4.74 Å². The quantitative estimate of drug-likeness (QED) is 0.182. The summed E-state index contributed by atoms with van der Waals surface area (Å²) in [6, 6.07) is 4.57. The zero-order valence-corrected chi connectivity index (χ0v) is 15.7. The van der Waals surface area contributed by atoms with E-state index < -0.39 is 0 Å². The second-order valence-corrected chi connectivity index (χ2v) is 6.90. The molecule has 0 saturated heterocycles. The molecule has 0 aliphatic rings. The van der Waals surface area contributed by atoms with Gasteiger partial charge in [0.15, 0.2) is 0 Å². The highest BCUT2D eigenvalue weighted by Gasteiger charge is 2.11. The Morgan fingerprint density at radius 3 is 2.31 bits per heavy atom. The fraction of sp³-hybridized carbons (Fsp3) is 0.300. The summed E-state index contributed by atoms with van der Waals surface area (Å²) in [5.74, 6) is -0.243. The highest BCUT2D eigenvalue weighted by molar-refractivity contribution is 14.1. The first kappa shape index (κ1) is 15.2. The Morgan fingerprint density at radius 2 is 1.81 bits per heavy atom. The predicted molar refractivity (Wildman–Crippen MR) is 90.1 cm³/mol. The summed E-state index contributed by atoms with van der Waals surface area (Å²) in [5.41, 5.74) is 0.628. The summed E-state index contributed by atoms with van der Waals surface area (Å²) in [4.78, 5) is 11.7. The van der Waals surface area contributed by atoms with E-state index in [1.54, 1.807) is 0 Å². The van der Waals surface area contributed by atoms with Crippen LogP contribution >= 0.6 is 67.8 Å². The fourth-order valence-corrected chi connectivity index (χ4v) is 3.22. The Labute approximate surface area is 139 Å². The number of halogens is 3. The average molecular weight is 569 g/mol. The summed E-state index contributed by atoms with van der Waals surface area (Å²) in [6.07, 6.45) is 0.835. The van der Waals surface area contributed by atoms with Gasteiger partial charge in [-0.05, 0) is 86.3 Å². The van der Waals surface area contributed by atoms with Crippen LogP contribution in [-0.2, 0) is 4.74 Å². The third-order valence-corrected chi connectivity index (χ3v) is 7.06. The second-order valence-electron chi connectivity index (χ2n) is 2.99. The SMILES string of the molecule is O=C(OCCC[Si])c1cc(I)c(I)c(I)c1. The van der Waals surface area contributed by atoms with Crippen LogP contribution in [0.25, 0.3) is 0 Å². The normalized spacial score (nSPS) is 10.2. The van der Waals surface area contributed by atoms with Crippen molar-refractivity contribution in [3.05, 3.63) is 28.4 Å². The largest absolute Gasteiger partial charge is 0.462 e. The molecule has 0 saturated carbocycles. The number of benzene rings is 1. The Hall–Kier alpha value is 1.10. The molecule has 0 heterocycles. The maximum atomic E-state index is 11.7. The molecule has 0 spiro atoms. The minimum atomic E-state index is -0.243. The van der Waals surface area contributed by atoms with Gasteiger partial charge in [-0.1, -0.05) is 6.04 Å². The highest BCUT2D eigenvalue weighted by Crippen LogP contribution is 2.23. The van der Waals surface area contributed by atoms with Gasteiger partial charge in [0.05, 0.1) is 12.2 Å². The Balaban J connectivity index is 2.76. The van der Waals surface area contributed by atoms with Crippen molar-refractivity contribution >= 4 is 84.0 Å². The molecule has 1 rings (SSSR count). The van der Waals surface area contributed by atoms with Crippen LogP contribution in [-0.4, -0.2) is 22.8 Å². The third-order valence-electron chi connectivity index (χ3n) is 1.77. The minimum absolute atomic E-state index is 0.243. The molecule has 6 heteroatoms. The molecule has 16 heavy (non-hydrogen) atoms. The molecule has 0 amide bonds. The van der Waals surface area contributed by atoms with Gasteiger partial charge in [0, 0.05) is 21.0 Å². The van der Waals surface area contributed by atoms with Crippen molar-refractivity contribution in [2.75, 3.05) is 6.61 Å². The Kier molecular flexibility index (Phi) is 7.12. The number of esters is 1. The standard InChI is InChI=1S/C10H8I3O2Si/c11-7-4-6(5-8(12)9(7)13)10(14)15-2-1-3-16/h4-5H,1-3H2. The molecule has 2 nitrogen and oxygen atoms in total. The third kappa shape index (κ3) is 4.41. The fourth-order valence-electron chi connectivity index (χ4n) is 0.994. The lowest BCUT2D eigenvalue weighted by Crippen LogP contribution is -2.07. The first-order valence-electron chi connectivity index (χ1n) is 4.52. The molecule has 0 N–H and O–H groups in total. The molecule has 3 radical (unpaired) electrons. The van der Waals surface area contributed by atoms with Gasteiger partial charge in [-0.25, -0.2) is 4.79 Å². The van der Waals surface area contributed by atoms with E-state index in [1.165, 1.54) is 3.57 Å². The van der Waals surface area contributed by atoms with Crippen LogP contribution in [0.1, 0.15) is 16.8 Å². The molecule has 0 aliphatic heterocycles. The zero-order chi connectivity index (χ0) is 12.1. The van der Waals surface area contributed by atoms with Gasteiger partial charge in [-0.15, -0.1) is 0 Å². The van der Waals surface area contributed by atoms with Gasteiger partial charge in [-0.3, -0.25) is 0 Å². The van der Waals surface area contributed by atoms with E-state index in [2.05, 4.69) is 78.0 Å². The molecule has 1 aromatic carbocycles. The molecule has 0 aliphatic carbocycles. The number of carbonyl (C=O) groups excluding carboxylic acids is 1. The molecule has 0 aromatic heterocycles. The number of ether oxygens (including phenoxy) is 1. The van der Waals surface area contributed by atoms with Crippen LogP contribution in [0.15, 0.2) is 12.1 Å². The van der Waals surface area contributed by atoms with Gasteiger partial charge in [-0.2, -0.15) is 0 Å². The van der Waals surface area contributed by atoms with Gasteiger partial charge in [0.25, 0.3) is 0 Å². The van der Waals surface area contributed by atoms with Crippen molar-refractivity contribution in [3.8, 4) is 0 Å². The van der Waals surface area contributed by atoms with Crippen molar-refractivity contribution in [1.29, 1.82) is 0 Å². The molecule has 0 bridgehead atoms. The number of rotatable bonds is 4. The maximum absolute atomic E-state index is 11.7. The smallest absolute Gasteiger partial charge is 0.338 e. The van der Waals surface area contributed by atoms with E-state index >= 15 is 0 Å². The Morgan fingerprint density at radius 1 is 1.25 bits per heavy atom. The molecule has 85 valence electrons. The number of hydrogen-bond donors (Lipinski definition) is 0. The van der Waals surface area contributed by atoms with E-state index in [9.17, 15) is 4.79 Å². The molecule has 0 atom stereocenters. The van der Waals surface area contributed by atoms with E-state index in [0.717, 1.165) is 19.6 Å². The van der Waals surface area contributed by atoms with E-state index in [1.807, 2.05) is 12.1 Å². The molecule has 1 aromatic rings. The van der Waals surface area contributed by atoms with Crippen molar-refractivity contribution in [1.82, 2.24) is 0 Å². The highest BCUT2D eigenvalue weighted by atomic mass is 127. The van der Waals surface area contributed by atoms with Crippen LogP contribution in [0.2, 0.25) is 6.04 Å². The lowest BCUT2D eigenvalue weighted by molar-refractivity contribution is 0.0505. The van der Waals surface area contributed by atoms with Gasteiger partial charge in [0.1, 0.15) is 0 Å².